The van der Waals surface area contributed by atoms with E-state index in [4.69, 9.17) is 0 Å². The number of ketones is 1. The summed E-state index contributed by atoms with van der Waals surface area (Å²) in [6.07, 6.45) is 1.64. The fraction of sp³-hybridized carbons (Fsp3) is 0.556. The average molecular weight is 168 g/mol. The molecule has 1 aliphatic carbocycles. The lowest BCUT2D eigenvalue weighted by Gasteiger charge is -2.00. The minimum Gasteiger partial charge on any atom is -0.466 e. The number of carbonyl (C=O) groups is 2. The van der Waals surface area contributed by atoms with Crippen LogP contribution in [0.15, 0.2) is 11.1 Å². The van der Waals surface area contributed by atoms with Crippen LogP contribution in [-0.4, -0.2) is 18.9 Å². The molecule has 0 spiro atoms. The normalized spacial score (nSPS) is 17.0. The highest BCUT2D eigenvalue weighted by atomic mass is 16.5. The summed E-state index contributed by atoms with van der Waals surface area (Å²) in [6.45, 7) is 1.88. The standard InChI is InChI=1S/C9H12O3/c1-3-6-7(9(11)12-2)4-5-8(6)10/h3-5H2,1-2H3. The maximum atomic E-state index is 11.2. The lowest BCUT2D eigenvalue weighted by Crippen LogP contribution is -2.05. The average Bonchev–Trinajstić information content (AvgIpc) is 2.45. The Morgan fingerprint density at radius 1 is 1.50 bits per heavy atom. The summed E-state index contributed by atoms with van der Waals surface area (Å²) >= 11 is 0. The molecule has 66 valence electrons. The van der Waals surface area contributed by atoms with Gasteiger partial charge in [0.05, 0.1) is 7.11 Å². The Kier molecular flexibility index (Phi) is 2.63. The number of ether oxygens (including phenoxy) is 1. The molecule has 3 nitrogen and oxygen atoms in total. The molecule has 0 bridgehead atoms. The molecule has 0 N–H and O–H groups in total. The smallest absolute Gasteiger partial charge is 0.334 e. The van der Waals surface area contributed by atoms with E-state index in [9.17, 15) is 9.59 Å². The zero-order valence-electron chi connectivity index (χ0n) is 7.35. The van der Waals surface area contributed by atoms with Gasteiger partial charge in [-0.15, -0.1) is 0 Å². The van der Waals surface area contributed by atoms with Crippen LogP contribution in [0.2, 0.25) is 0 Å². The van der Waals surface area contributed by atoms with Crippen LogP contribution in [-0.2, 0) is 14.3 Å². The second kappa shape index (κ2) is 3.52. The minimum atomic E-state index is -0.349. The summed E-state index contributed by atoms with van der Waals surface area (Å²) in [5.41, 5.74) is 1.23. The fourth-order valence-electron chi connectivity index (χ4n) is 1.47. The molecule has 0 heterocycles. The van der Waals surface area contributed by atoms with Gasteiger partial charge in [0.1, 0.15) is 0 Å². The molecule has 0 aliphatic heterocycles. The van der Waals surface area contributed by atoms with Crippen molar-refractivity contribution in [2.75, 3.05) is 7.11 Å². The van der Waals surface area contributed by atoms with Gasteiger partial charge in [-0.3, -0.25) is 4.79 Å². The monoisotopic (exact) mass is 168 g/mol. The van der Waals surface area contributed by atoms with E-state index in [0.717, 1.165) is 0 Å². The van der Waals surface area contributed by atoms with Crippen molar-refractivity contribution in [1.82, 2.24) is 0 Å². The molecule has 0 fully saturated rings. The van der Waals surface area contributed by atoms with Crippen LogP contribution in [0.3, 0.4) is 0 Å². The summed E-state index contributed by atoms with van der Waals surface area (Å²) in [6, 6.07) is 0. The van der Waals surface area contributed by atoms with E-state index in [1.165, 1.54) is 7.11 Å². The van der Waals surface area contributed by atoms with Gasteiger partial charge in [-0.2, -0.15) is 0 Å². The van der Waals surface area contributed by atoms with Crippen molar-refractivity contribution < 1.29 is 14.3 Å². The van der Waals surface area contributed by atoms with Crippen LogP contribution in [0.1, 0.15) is 26.2 Å². The molecule has 0 radical (unpaired) electrons. The first-order chi connectivity index (χ1) is 5.70. The molecule has 0 saturated carbocycles. The quantitative estimate of drug-likeness (QED) is 0.582. The first kappa shape index (κ1) is 8.97. The molecule has 0 unspecified atom stereocenters. The summed E-state index contributed by atoms with van der Waals surface area (Å²) in [5.74, 6) is -0.254. The highest BCUT2D eigenvalue weighted by Crippen LogP contribution is 2.25. The lowest BCUT2D eigenvalue weighted by molar-refractivity contribution is -0.136. The molecule has 0 aromatic carbocycles. The predicted octanol–water partition coefficient (Wildman–Crippen LogP) is 1.23. The van der Waals surface area contributed by atoms with E-state index >= 15 is 0 Å². The SMILES string of the molecule is CCC1=C(C(=O)OC)CCC1=O. The van der Waals surface area contributed by atoms with Crippen LogP contribution in [0, 0.1) is 0 Å². The number of hydrogen-bond acceptors (Lipinski definition) is 3. The maximum absolute atomic E-state index is 11.2. The zero-order valence-corrected chi connectivity index (χ0v) is 7.35. The molecule has 0 atom stereocenters. The van der Waals surface area contributed by atoms with Crippen molar-refractivity contribution in [1.29, 1.82) is 0 Å². The van der Waals surface area contributed by atoms with Gasteiger partial charge in [0.15, 0.2) is 5.78 Å². The number of hydrogen-bond donors (Lipinski definition) is 0. The van der Waals surface area contributed by atoms with E-state index in [0.29, 0.717) is 30.4 Å². The van der Waals surface area contributed by atoms with Gasteiger partial charge < -0.3 is 4.74 Å². The number of Topliss-reactive ketones (excluding diaryl/α,β-unsaturated/α-hetero) is 1. The zero-order chi connectivity index (χ0) is 9.14. The summed E-state index contributed by atoms with van der Waals surface area (Å²) < 4.78 is 4.57. The van der Waals surface area contributed by atoms with E-state index in [-0.39, 0.29) is 11.8 Å². The van der Waals surface area contributed by atoms with Crippen LogP contribution in [0.4, 0.5) is 0 Å². The number of methoxy groups -OCH3 is 1. The van der Waals surface area contributed by atoms with E-state index in [1.54, 1.807) is 0 Å². The van der Waals surface area contributed by atoms with E-state index < -0.39 is 0 Å². The van der Waals surface area contributed by atoms with Gasteiger partial charge in [-0.25, -0.2) is 4.79 Å². The Morgan fingerprint density at radius 3 is 2.67 bits per heavy atom. The fourth-order valence-corrected chi connectivity index (χ4v) is 1.47. The Bertz CT molecular complexity index is 250. The third-order valence-corrected chi connectivity index (χ3v) is 2.09. The minimum absolute atomic E-state index is 0.0953. The Labute approximate surface area is 71.4 Å². The van der Waals surface area contributed by atoms with Crippen molar-refractivity contribution in [3.05, 3.63) is 11.1 Å². The number of allylic oxidation sites excluding steroid dienone is 1. The highest BCUT2D eigenvalue weighted by Gasteiger charge is 2.26. The number of carbonyl (C=O) groups excluding carboxylic acids is 2. The first-order valence-corrected chi connectivity index (χ1v) is 4.04. The molecule has 1 rings (SSSR count). The number of esters is 1. The van der Waals surface area contributed by atoms with Gasteiger partial charge in [0.2, 0.25) is 0 Å². The van der Waals surface area contributed by atoms with Gasteiger partial charge in [0.25, 0.3) is 0 Å². The molecule has 0 saturated heterocycles. The summed E-state index contributed by atoms with van der Waals surface area (Å²) in [5, 5.41) is 0. The Hall–Kier alpha value is -1.12. The lowest BCUT2D eigenvalue weighted by atomic mass is 10.1. The second-order valence-electron chi connectivity index (χ2n) is 2.73. The van der Waals surface area contributed by atoms with Gasteiger partial charge in [0, 0.05) is 17.6 Å². The Morgan fingerprint density at radius 2 is 2.17 bits per heavy atom. The van der Waals surface area contributed by atoms with E-state index in [2.05, 4.69) is 4.74 Å². The third kappa shape index (κ3) is 1.40. The molecule has 0 aromatic heterocycles. The second-order valence-corrected chi connectivity index (χ2v) is 2.73. The number of rotatable bonds is 2. The van der Waals surface area contributed by atoms with Crippen molar-refractivity contribution in [2.45, 2.75) is 26.2 Å². The first-order valence-electron chi connectivity index (χ1n) is 4.04. The van der Waals surface area contributed by atoms with Gasteiger partial charge >= 0.3 is 5.97 Å². The summed E-state index contributed by atoms with van der Waals surface area (Å²) in [7, 11) is 1.34. The molecule has 3 heteroatoms. The molecule has 0 amide bonds. The Balaban J connectivity index is 2.93. The molecule has 1 aliphatic rings. The largest absolute Gasteiger partial charge is 0.466 e. The van der Waals surface area contributed by atoms with Crippen molar-refractivity contribution in [3.8, 4) is 0 Å². The van der Waals surface area contributed by atoms with E-state index in [1.807, 2.05) is 6.92 Å². The molecular formula is C9H12O3. The summed E-state index contributed by atoms with van der Waals surface area (Å²) in [4.78, 5) is 22.3. The van der Waals surface area contributed by atoms with Gasteiger partial charge in [-0.05, 0) is 12.8 Å². The van der Waals surface area contributed by atoms with Crippen LogP contribution in [0.25, 0.3) is 0 Å². The van der Waals surface area contributed by atoms with Crippen molar-refractivity contribution in [2.24, 2.45) is 0 Å². The van der Waals surface area contributed by atoms with Crippen molar-refractivity contribution >= 4 is 11.8 Å². The van der Waals surface area contributed by atoms with Crippen LogP contribution >= 0.6 is 0 Å². The van der Waals surface area contributed by atoms with Crippen LogP contribution in [0.5, 0.6) is 0 Å². The highest BCUT2D eigenvalue weighted by molar-refractivity contribution is 6.07. The topological polar surface area (TPSA) is 43.4 Å². The van der Waals surface area contributed by atoms with Crippen LogP contribution < -0.4 is 0 Å². The molecule has 12 heavy (non-hydrogen) atoms. The van der Waals surface area contributed by atoms with Crippen molar-refractivity contribution in [3.63, 3.8) is 0 Å². The predicted molar refractivity (Wildman–Crippen MR) is 43.6 cm³/mol. The van der Waals surface area contributed by atoms with Gasteiger partial charge in [-0.1, -0.05) is 6.92 Å². The third-order valence-electron chi connectivity index (χ3n) is 2.09. The molecule has 0 aromatic rings. The maximum Gasteiger partial charge on any atom is 0.334 e. The molecular weight excluding hydrogens is 156 g/mol.